The Balaban J connectivity index is 2.42. The van der Waals surface area contributed by atoms with Gasteiger partial charge in [0.05, 0.1) is 6.04 Å². The summed E-state index contributed by atoms with van der Waals surface area (Å²) >= 11 is 3.49. The first-order valence-corrected chi connectivity index (χ1v) is 7.68. The van der Waals surface area contributed by atoms with Crippen molar-refractivity contribution in [3.05, 3.63) is 63.4 Å². The summed E-state index contributed by atoms with van der Waals surface area (Å²) in [4.78, 5) is 2.10. The van der Waals surface area contributed by atoms with Gasteiger partial charge in [-0.15, -0.1) is 0 Å². The molecule has 1 atom stereocenters. The van der Waals surface area contributed by atoms with Crippen molar-refractivity contribution in [3.8, 4) is 0 Å². The van der Waals surface area contributed by atoms with Gasteiger partial charge < -0.3 is 10.6 Å². The molecule has 0 heterocycles. The van der Waals surface area contributed by atoms with E-state index in [0.29, 0.717) is 6.54 Å². The van der Waals surface area contributed by atoms with Crippen LogP contribution in [0.25, 0.3) is 0 Å². The third kappa shape index (κ3) is 3.63. The Kier molecular flexibility index (Phi) is 5.01. The summed E-state index contributed by atoms with van der Waals surface area (Å²) in [6.07, 6.45) is 0. The quantitative estimate of drug-likeness (QED) is 0.888. The number of nitrogens with zero attached hydrogens (tertiary/aromatic N) is 1. The van der Waals surface area contributed by atoms with Gasteiger partial charge in [-0.2, -0.15) is 0 Å². The third-order valence-corrected chi connectivity index (χ3v) is 4.34. The second-order valence-electron chi connectivity index (χ2n) is 5.37. The summed E-state index contributed by atoms with van der Waals surface area (Å²) in [6, 6.07) is 11.0. The van der Waals surface area contributed by atoms with Gasteiger partial charge in [-0.3, -0.25) is 0 Å². The lowest BCUT2D eigenvalue weighted by atomic mass is 10.0. The van der Waals surface area contributed by atoms with Crippen molar-refractivity contribution in [3.63, 3.8) is 0 Å². The van der Waals surface area contributed by atoms with E-state index < -0.39 is 0 Å². The number of likely N-dealkylation sites (N-methyl/N-ethyl adjacent to an activating group) is 1. The van der Waals surface area contributed by atoms with E-state index in [1.165, 1.54) is 17.2 Å². The summed E-state index contributed by atoms with van der Waals surface area (Å²) in [6.45, 7) is 4.55. The molecule has 0 aromatic heterocycles. The topological polar surface area (TPSA) is 29.3 Å². The first-order chi connectivity index (χ1) is 9.92. The van der Waals surface area contributed by atoms with E-state index in [4.69, 9.17) is 5.73 Å². The number of nitrogens with two attached hydrogens (primary N) is 1. The minimum Gasteiger partial charge on any atom is -0.366 e. The molecule has 0 aliphatic heterocycles. The molecule has 0 aliphatic rings. The number of aryl methyl sites for hydroxylation is 2. The van der Waals surface area contributed by atoms with Crippen LogP contribution in [-0.4, -0.2) is 13.6 Å². The van der Waals surface area contributed by atoms with Crippen molar-refractivity contribution >= 4 is 21.6 Å². The van der Waals surface area contributed by atoms with Crippen molar-refractivity contribution in [1.29, 1.82) is 0 Å². The minimum atomic E-state index is -0.250. The predicted octanol–water partition coefficient (Wildman–Crippen LogP) is 4.34. The van der Waals surface area contributed by atoms with Gasteiger partial charge in [0.25, 0.3) is 0 Å². The molecular formula is C17H20BrFN2. The highest BCUT2D eigenvalue weighted by Gasteiger charge is 2.19. The number of hydrogen-bond acceptors (Lipinski definition) is 2. The Bertz CT molecular complexity index is 622. The lowest BCUT2D eigenvalue weighted by Crippen LogP contribution is -2.31. The predicted molar refractivity (Wildman–Crippen MR) is 90.2 cm³/mol. The van der Waals surface area contributed by atoms with Crippen LogP contribution in [0.2, 0.25) is 0 Å². The standard InChI is InChI=1S/C17H20BrFN2/c1-11-6-12(2)8-14(7-11)21(3)17(10-20)15-9-13(19)4-5-16(15)18/h4-9,17H,10,20H2,1-3H3. The highest BCUT2D eigenvalue weighted by atomic mass is 79.9. The van der Waals surface area contributed by atoms with Gasteiger partial charge in [0.15, 0.2) is 0 Å². The van der Waals surface area contributed by atoms with E-state index in [-0.39, 0.29) is 11.9 Å². The maximum absolute atomic E-state index is 13.6. The van der Waals surface area contributed by atoms with Crippen LogP contribution in [0.15, 0.2) is 40.9 Å². The maximum atomic E-state index is 13.6. The molecule has 2 aromatic rings. The Labute approximate surface area is 133 Å². The second-order valence-corrected chi connectivity index (χ2v) is 6.23. The molecule has 0 bridgehead atoms. The summed E-state index contributed by atoms with van der Waals surface area (Å²) in [5.41, 5.74) is 10.3. The first kappa shape index (κ1) is 16.0. The summed E-state index contributed by atoms with van der Waals surface area (Å²) in [5.74, 6) is -0.250. The van der Waals surface area contributed by atoms with Gasteiger partial charge >= 0.3 is 0 Å². The van der Waals surface area contributed by atoms with Crippen LogP contribution >= 0.6 is 15.9 Å². The van der Waals surface area contributed by atoms with E-state index in [1.807, 2.05) is 7.05 Å². The van der Waals surface area contributed by atoms with Gasteiger partial charge in [-0.25, -0.2) is 4.39 Å². The molecule has 0 spiro atoms. The minimum absolute atomic E-state index is 0.0868. The van der Waals surface area contributed by atoms with Crippen molar-refractivity contribution in [2.24, 2.45) is 5.73 Å². The van der Waals surface area contributed by atoms with Crippen molar-refractivity contribution in [1.82, 2.24) is 0 Å². The van der Waals surface area contributed by atoms with Gasteiger partial charge in [-0.1, -0.05) is 22.0 Å². The van der Waals surface area contributed by atoms with Crippen LogP contribution in [-0.2, 0) is 0 Å². The van der Waals surface area contributed by atoms with Crippen LogP contribution < -0.4 is 10.6 Å². The molecule has 0 amide bonds. The monoisotopic (exact) mass is 350 g/mol. The SMILES string of the molecule is Cc1cc(C)cc(N(C)C(CN)c2cc(F)ccc2Br)c1. The van der Waals surface area contributed by atoms with Crippen LogP contribution in [0.3, 0.4) is 0 Å². The molecule has 0 aliphatic carbocycles. The van der Waals surface area contributed by atoms with Gasteiger partial charge in [-0.05, 0) is 60.9 Å². The summed E-state index contributed by atoms with van der Waals surface area (Å²) < 4.78 is 14.4. The fourth-order valence-corrected chi connectivity index (χ4v) is 3.11. The van der Waals surface area contributed by atoms with Crippen LogP contribution in [0.1, 0.15) is 22.7 Å². The molecular weight excluding hydrogens is 331 g/mol. The molecule has 2 rings (SSSR count). The third-order valence-electron chi connectivity index (χ3n) is 3.62. The number of rotatable bonds is 4. The van der Waals surface area contributed by atoms with Crippen LogP contribution in [0.5, 0.6) is 0 Å². The number of benzene rings is 2. The molecule has 0 saturated heterocycles. The van der Waals surface area contributed by atoms with E-state index in [9.17, 15) is 4.39 Å². The second kappa shape index (κ2) is 6.58. The molecule has 1 unspecified atom stereocenters. The smallest absolute Gasteiger partial charge is 0.123 e. The number of halogens is 2. The lowest BCUT2D eigenvalue weighted by Gasteiger charge is -2.30. The Morgan fingerprint density at radius 3 is 2.33 bits per heavy atom. The molecule has 4 heteroatoms. The van der Waals surface area contributed by atoms with Crippen LogP contribution in [0.4, 0.5) is 10.1 Å². The Morgan fingerprint density at radius 2 is 1.76 bits per heavy atom. The Hall–Kier alpha value is -1.39. The van der Waals surface area contributed by atoms with Crippen molar-refractivity contribution in [2.75, 3.05) is 18.5 Å². The highest BCUT2D eigenvalue weighted by molar-refractivity contribution is 9.10. The average molecular weight is 351 g/mol. The first-order valence-electron chi connectivity index (χ1n) is 6.88. The molecule has 0 radical (unpaired) electrons. The molecule has 2 N–H and O–H groups in total. The summed E-state index contributed by atoms with van der Waals surface area (Å²) in [5, 5.41) is 0. The van der Waals surface area contributed by atoms with Gasteiger partial charge in [0.2, 0.25) is 0 Å². The highest BCUT2D eigenvalue weighted by Crippen LogP contribution is 2.31. The van der Waals surface area contributed by atoms with Gasteiger partial charge in [0, 0.05) is 23.8 Å². The van der Waals surface area contributed by atoms with E-state index in [0.717, 1.165) is 15.7 Å². The molecule has 21 heavy (non-hydrogen) atoms. The van der Waals surface area contributed by atoms with Gasteiger partial charge in [0.1, 0.15) is 5.82 Å². The normalized spacial score (nSPS) is 12.3. The molecule has 0 fully saturated rings. The Morgan fingerprint density at radius 1 is 1.14 bits per heavy atom. The maximum Gasteiger partial charge on any atom is 0.123 e. The van der Waals surface area contributed by atoms with Crippen molar-refractivity contribution < 1.29 is 4.39 Å². The van der Waals surface area contributed by atoms with E-state index >= 15 is 0 Å². The summed E-state index contributed by atoms with van der Waals surface area (Å²) in [7, 11) is 1.99. The lowest BCUT2D eigenvalue weighted by molar-refractivity contribution is 0.614. The fraction of sp³-hybridized carbons (Fsp3) is 0.294. The largest absolute Gasteiger partial charge is 0.366 e. The van der Waals surface area contributed by atoms with E-state index in [2.05, 4.69) is 52.9 Å². The average Bonchev–Trinajstić information content (AvgIpc) is 2.42. The zero-order valence-corrected chi connectivity index (χ0v) is 14.1. The molecule has 2 aromatic carbocycles. The number of anilines is 1. The molecule has 112 valence electrons. The van der Waals surface area contributed by atoms with Crippen LogP contribution in [0, 0.1) is 19.7 Å². The number of hydrogen-bond donors (Lipinski definition) is 1. The molecule has 2 nitrogen and oxygen atoms in total. The van der Waals surface area contributed by atoms with Crippen molar-refractivity contribution in [2.45, 2.75) is 19.9 Å². The fourth-order valence-electron chi connectivity index (χ4n) is 2.60. The molecule has 0 saturated carbocycles. The zero-order valence-electron chi connectivity index (χ0n) is 12.5. The van der Waals surface area contributed by atoms with E-state index in [1.54, 1.807) is 12.1 Å². The zero-order chi connectivity index (χ0) is 15.6.